The van der Waals surface area contributed by atoms with Gasteiger partial charge in [0, 0.05) is 11.6 Å². The van der Waals surface area contributed by atoms with Crippen LogP contribution in [0.3, 0.4) is 0 Å². The molecule has 8 heteroatoms. The van der Waals surface area contributed by atoms with Crippen molar-refractivity contribution in [3.05, 3.63) is 82.7 Å². The summed E-state index contributed by atoms with van der Waals surface area (Å²) in [7, 11) is 0. The van der Waals surface area contributed by atoms with Gasteiger partial charge in [0.2, 0.25) is 0 Å². The van der Waals surface area contributed by atoms with Crippen molar-refractivity contribution >= 4 is 32.7 Å². The third-order valence-electron chi connectivity index (χ3n) is 4.62. The lowest BCUT2D eigenvalue weighted by molar-refractivity contribution is 0.0936. The maximum Gasteiger partial charge on any atom is 0.254 e. The summed E-state index contributed by atoms with van der Waals surface area (Å²) in [5, 5.41) is 8.05. The summed E-state index contributed by atoms with van der Waals surface area (Å²) < 4.78 is 15.6. The normalized spacial score (nSPS) is 12.1. The number of nitrogens with one attached hydrogen (secondary N) is 1. The van der Waals surface area contributed by atoms with E-state index in [0.29, 0.717) is 33.2 Å². The second kappa shape index (κ2) is 8.08. The van der Waals surface area contributed by atoms with Crippen LogP contribution in [0.2, 0.25) is 0 Å². The molecule has 3 heterocycles. The molecule has 29 heavy (non-hydrogen) atoms. The van der Waals surface area contributed by atoms with Crippen LogP contribution in [-0.4, -0.2) is 25.7 Å². The molecule has 4 aromatic rings. The Morgan fingerprint density at radius 1 is 1.17 bits per heavy atom. The molecular weight excluding hydrogens is 437 g/mol. The number of nitrogens with zero attached hydrogens (tertiary/aromatic N) is 4. The van der Waals surface area contributed by atoms with Gasteiger partial charge in [0.25, 0.3) is 5.91 Å². The first-order valence-electron chi connectivity index (χ1n) is 9.08. The lowest BCUT2D eigenvalue weighted by atomic mass is 10.1. The predicted molar refractivity (Wildman–Crippen MR) is 111 cm³/mol. The van der Waals surface area contributed by atoms with Gasteiger partial charge in [-0.05, 0) is 58.7 Å². The maximum atomic E-state index is 13.2. The molecule has 0 spiro atoms. The number of hydrogen-bond acceptors (Lipinski definition) is 4. The van der Waals surface area contributed by atoms with Crippen LogP contribution < -0.4 is 5.32 Å². The van der Waals surface area contributed by atoms with E-state index >= 15 is 0 Å². The van der Waals surface area contributed by atoms with Gasteiger partial charge in [-0.25, -0.2) is 14.1 Å². The minimum atomic E-state index is -0.324. The fraction of sp³-hybridized carbons (Fsp3) is 0.143. The Labute approximate surface area is 174 Å². The van der Waals surface area contributed by atoms with E-state index in [0.717, 1.165) is 5.69 Å². The predicted octanol–water partition coefficient (Wildman–Crippen LogP) is 4.60. The van der Waals surface area contributed by atoms with Crippen LogP contribution in [0.4, 0.5) is 4.39 Å². The fourth-order valence-corrected chi connectivity index (χ4v) is 3.51. The van der Waals surface area contributed by atoms with Crippen LogP contribution in [-0.2, 0) is 0 Å². The standard InChI is InChI=1S/C21H17BrFN5O/c1-2-17(18-4-3-5-20(22)26-18)27-21(29)16-10-24-12-19-15(16)11-25-28(19)14-8-6-13(23)7-9-14/h3-12,17H,2H2,1H3,(H,27,29)/t17-/m0/s1. The maximum absolute atomic E-state index is 13.2. The van der Waals surface area contributed by atoms with Gasteiger partial charge in [-0.15, -0.1) is 0 Å². The smallest absolute Gasteiger partial charge is 0.254 e. The van der Waals surface area contributed by atoms with E-state index < -0.39 is 0 Å². The molecule has 0 unspecified atom stereocenters. The lowest BCUT2D eigenvalue weighted by Gasteiger charge is -2.17. The molecule has 1 atom stereocenters. The van der Waals surface area contributed by atoms with Crippen molar-refractivity contribution < 1.29 is 9.18 Å². The number of carbonyl (C=O) groups is 1. The van der Waals surface area contributed by atoms with E-state index in [1.54, 1.807) is 29.2 Å². The molecule has 0 fully saturated rings. The van der Waals surface area contributed by atoms with Crippen LogP contribution in [0, 0.1) is 5.82 Å². The summed E-state index contributed by atoms with van der Waals surface area (Å²) >= 11 is 3.36. The summed E-state index contributed by atoms with van der Waals surface area (Å²) in [5.41, 5.74) is 2.55. The van der Waals surface area contributed by atoms with Crippen LogP contribution in [0.5, 0.6) is 0 Å². The molecule has 3 aromatic heterocycles. The lowest BCUT2D eigenvalue weighted by Crippen LogP contribution is -2.29. The van der Waals surface area contributed by atoms with Crippen molar-refractivity contribution in [1.82, 2.24) is 25.1 Å². The van der Waals surface area contributed by atoms with Crippen molar-refractivity contribution in [3.8, 4) is 5.69 Å². The Morgan fingerprint density at radius 3 is 2.69 bits per heavy atom. The molecule has 4 rings (SSSR count). The summed E-state index contributed by atoms with van der Waals surface area (Å²) in [6.45, 7) is 1.99. The van der Waals surface area contributed by atoms with E-state index in [2.05, 4.69) is 36.3 Å². The minimum absolute atomic E-state index is 0.234. The highest BCUT2D eigenvalue weighted by molar-refractivity contribution is 9.10. The zero-order valence-corrected chi connectivity index (χ0v) is 17.1. The van der Waals surface area contributed by atoms with E-state index in [-0.39, 0.29) is 17.8 Å². The third kappa shape index (κ3) is 3.88. The van der Waals surface area contributed by atoms with Gasteiger partial charge < -0.3 is 5.32 Å². The van der Waals surface area contributed by atoms with Crippen molar-refractivity contribution in [2.24, 2.45) is 0 Å². The van der Waals surface area contributed by atoms with E-state index in [1.807, 2.05) is 25.1 Å². The van der Waals surface area contributed by atoms with Crippen molar-refractivity contribution in [2.75, 3.05) is 0 Å². The molecular formula is C21H17BrFN5O. The van der Waals surface area contributed by atoms with Crippen LogP contribution in [0.15, 0.2) is 65.7 Å². The Kier molecular flexibility index (Phi) is 5.35. The molecule has 6 nitrogen and oxygen atoms in total. The molecule has 1 N–H and O–H groups in total. The van der Waals surface area contributed by atoms with E-state index in [4.69, 9.17) is 0 Å². The second-order valence-corrected chi connectivity index (χ2v) is 7.28. The van der Waals surface area contributed by atoms with E-state index in [1.165, 1.54) is 18.3 Å². The Bertz CT molecular complexity index is 1180. The Hall–Kier alpha value is -3.13. The molecule has 0 bridgehead atoms. The van der Waals surface area contributed by atoms with Gasteiger partial charge in [0.15, 0.2) is 0 Å². The van der Waals surface area contributed by atoms with Crippen LogP contribution in [0.1, 0.15) is 35.4 Å². The van der Waals surface area contributed by atoms with Crippen LogP contribution >= 0.6 is 15.9 Å². The van der Waals surface area contributed by atoms with Gasteiger partial charge >= 0.3 is 0 Å². The second-order valence-electron chi connectivity index (χ2n) is 6.47. The summed E-state index contributed by atoms with van der Waals surface area (Å²) in [4.78, 5) is 21.7. The van der Waals surface area contributed by atoms with Gasteiger partial charge in [-0.1, -0.05) is 13.0 Å². The van der Waals surface area contributed by atoms with Crippen molar-refractivity contribution in [2.45, 2.75) is 19.4 Å². The summed E-state index contributed by atoms with van der Waals surface area (Å²) in [6, 6.07) is 11.4. The zero-order chi connectivity index (χ0) is 20.4. The number of hydrogen-bond donors (Lipinski definition) is 1. The molecule has 0 aliphatic rings. The number of amides is 1. The Balaban J connectivity index is 1.67. The number of fused-ring (bicyclic) bond motifs is 1. The number of pyridine rings is 2. The zero-order valence-electron chi connectivity index (χ0n) is 15.5. The molecule has 0 aliphatic carbocycles. The van der Waals surface area contributed by atoms with Crippen LogP contribution in [0.25, 0.3) is 16.6 Å². The highest BCUT2D eigenvalue weighted by Crippen LogP contribution is 2.23. The molecule has 0 radical (unpaired) electrons. The SMILES string of the molecule is CC[C@H](NC(=O)c1cncc2c1cnn2-c1ccc(F)cc1)c1cccc(Br)n1. The topological polar surface area (TPSA) is 72.7 Å². The quantitative estimate of drug-likeness (QED) is 0.448. The fourth-order valence-electron chi connectivity index (χ4n) is 3.15. The molecule has 0 aliphatic heterocycles. The highest BCUT2D eigenvalue weighted by Gasteiger charge is 2.19. The molecule has 0 saturated carbocycles. The highest BCUT2D eigenvalue weighted by atomic mass is 79.9. The first-order chi connectivity index (χ1) is 14.1. The largest absolute Gasteiger partial charge is 0.344 e. The molecule has 0 saturated heterocycles. The first kappa shape index (κ1) is 19.2. The number of aromatic nitrogens is 4. The molecule has 146 valence electrons. The minimum Gasteiger partial charge on any atom is -0.344 e. The Morgan fingerprint density at radius 2 is 1.97 bits per heavy atom. The van der Waals surface area contributed by atoms with E-state index in [9.17, 15) is 9.18 Å². The molecule has 1 amide bonds. The third-order valence-corrected chi connectivity index (χ3v) is 5.06. The average Bonchev–Trinajstić information content (AvgIpc) is 3.16. The number of benzene rings is 1. The van der Waals surface area contributed by atoms with Crippen molar-refractivity contribution in [1.29, 1.82) is 0 Å². The monoisotopic (exact) mass is 453 g/mol. The first-order valence-corrected chi connectivity index (χ1v) is 9.87. The van der Waals surface area contributed by atoms with Crippen molar-refractivity contribution in [3.63, 3.8) is 0 Å². The number of halogens is 2. The summed E-state index contributed by atoms with van der Waals surface area (Å²) in [6.07, 6.45) is 5.46. The van der Waals surface area contributed by atoms with Gasteiger partial charge in [-0.3, -0.25) is 9.78 Å². The van der Waals surface area contributed by atoms with Gasteiger partial charge in [-0.2, -0.15) is 5.10 Å². The van der Waals surface area contributed by atoms with Gasteiger partial charge in [0.1, 0.15) is 10.4 Å². The number of carbonyl (C=O) groups excluding carboxylic acids is 1. The van der Waals surface area contributed by atoms with Gasteiger partial charge in [0.05, 0.1) is 40.9 Å². The molecule has 1 aromatic carbocycles. The average molecular weight is 454 g/mol. The summed E-state index contributed by atoms with van der Waals surface area (Å²) in [5.74, 6) is -0.578. The number of rotatable bonds is 5.